The van der Waals surface area contributed by atoms with Gasteiger partial charge in [-0.05, 0) is 20.3 Å². The Hall–Kier alpha value is -0.850. The van der Waals surface area contributed by atoms with E-state index < -0.39 is 0 Å². The molecule has 22 heavy (non-hydrogen) atoms. The van der Waals surface area contributed by atoms with Crippen molar-refractivity contribution in [3.63, 3.8) is 0 Å². The highest BCUT2D eigenvalue weighted by Gasteiger charge is 2.27. The summed E-state index contributed by atoms with van der Waals surface area (Å²) < 4.78 is 10.8. The standard InChI is InChI=1S/C16H32N4O2/c1-13(20-7-8-22-11-14(20)2)9-18-16(17-3)19-6-5-15(10-19)12-21-4/h13-15H,5-12H2,1-4H3,(H,17,18). The fourth-order valence-electron chi connectivity index (χ4n) is 3.48. The number of nitrogens with one attached hydrogen (secondary N) is 1. The van der Waals surface area contributed by atoms with Crippen molar-refractivity contribution >= 4 is 5.96 Å². The zero-order valence-corrected chi connectivity index (χ0v) is 14.5. The molecule has 0 amide bonds. The first-order chi connectivity index (χ1) is 10.7. The molecule has 3 atom stereocenters. The van der Waals surface area contributed by atoms with Crippen LogP contribution in [0.15, 0.2) is 4.99 Å². The number of hydrogen-bond donors (Lipinski definition) is 1. The molecule has 6 heteroatoms. The summed E-state index contributed by atoms with van der Waals surface area (Å²) in [5.74, 6) is 1.65. The number of hydrogen-bond acceptors (Lipinski definition) is 4. The topological polar surface area (TPSA) is 49.3 Å². The molecule has 2 heterocycles. The Kier molecular flexibility index (Phi) is 6.92. The van der Waals surface area contributed by atoms with Gasteiger partial charge in [0, 0.05) is 58.3 Å². The summed E-state index contributed by atoms with van der Waals surface area (Å²) in [6, 6.07) is 0.971. The molecule has 2 saturated heterocycles. The highest BCUT2D eigenvalue weighted by molar-refractivity contribution is 5.80. The van der Waals surface area contributed by atoms with E-state index in [1.54, 1.807) is 7.11 Å². The molecule has 2 rings (SSSR count). The summed E-state index contributed by atoms with van der Waals surface area (Å²) in [5.41, 5.74) is 0. The van der Waals surface area contributed by atoms with Crippen LogP contribution in [-0.2, 0) is 9.47 Å². The largest absolute Gasteiger partial charge is 0.384 e. The number of guanidine groups is 1. The lowest BCUT2D eigenvalue weighted by Crippen LogP contribution is -2.53. The van der Waals surface area contributed by atoms with Crippen LogP contribution in [0, 0.1) is 5.92 Å². The van der Waals surface area contributed by atoms with Gasteiger partial charge < -0.3 is 19.7 Å². The summed E-state index contributed by atoms with van der Waals surface area (Å²) in [7, 11) is 3.65. The van der Waals surface area contributed by atoms with Crippen LogP contribution in [0.2, 0.25) is 0 Å². The Morgan fingerprint density at radius 1 is 1.45 bits per heavy atom. The maximum absolute atomic E-state index is 5.52. The third-order valence-electron chi connectivity index (χ3n) is 4.74. The van der Waals surface area contributed by atoms with Crippen LogP contribution in [0.25, 0.3) is 0 Å². The highest BCUT2D eigenvalue weighted by Crippen LogP contribution is 2.16. The minimum absolute atomic E-state index is 0.480. The Balaban J connectivity index is 1.79. The van der Waals surface area contributed by atoms with Crippen molar-refractivity contribution in [1.82, 2.24) is 15.1 Å². The fourth-order valence-corrected chi connectivity index (χ4v) is 3.48. The van der Waals surface area contributed by atoms with Gasteiger partial charge in [0.15, 0.2) is 5.96 Å². The molecule has 2 aliphatic heterocycles. The van der Waals surface area contributed by atoms with Crippen molar-refractivity contribution in [2.45, 2.75) is 32.4 Å². The molecule has 2 aliphatic rings. The van der Waals surface area contributed by atoms with E-state index in [1.807, 2.05) is 7.05 Å². The lowest BCUT2D eigenvalue weighted by atomic mass is 10.1. The van der Waals surface area contributed by atoms with E-state index in [1.165, 1.54) is 6.42 Å². The number of ether oxygens (including phenoxy) is 2. The van der Waals surface area contributed by atoms with Crippen molar-refractivity contribution in [3.05, 3.63) is 0 Å². The van der Waals surface area contributed by atoms with E-state index in [0.29, 0.717) is 18.0 Å². The van der Waals surface area contributed by atoms with E-state index in [4.69, 9.17) is 9.47 Å². The van der Waals surface area contributed by atoms with E-state index >= 15 is 0 Å². The number of nitrogens with zero attached hydrogens (tertiary/aromatic N) is 3. The van der Waals surface area contributed by atoms with Gasteiger partial charge in [0.05, 0.1) is 19.8 Å². The van der Waals surface area contributed by atoms with Gasteiger partial charge in [-0.25, -0.2) is 0 Å². The van der Waals surface area contributed by atoms with Gasteiger partial charge in [0.25, 0.3) is 0 Å². The summed E-state index contributed by atoms with van der Waals surface area (Å²) in [6.07, 6.45) is 1.19. The molecule has 0 aromatic heterocycles. The lowest BCUT2D eigenvalue weighted by Gasteiger charge is -2.38. The molecule has 0 spiro atoms. The molecule has 0 aromatic rings. The second-order valence-electron chi connectivity index (χ2n) is 6.49. The molecule has 0 bridgehead atoms. The first-order valence-electron chi connectivity index (χ1n) is 8.43. The SMILES string of the molecule is CN=C(NCC(C)N1CCOCC1C)N1CCC(COC)C1. The van der Waals surface area contributed by atoms with Crippen molar-refractivity contribution in [1.29, 1.82) is 0 Å². The third kappa shape index (κ3) is 4.57. The van der Waals surface area contributed by atoms with Gasteiger partial charge in [0.2, 0.25) is 0 Å². The second-order valence-corrected chi connectivity index (χ2v) is 6.49. The molecule has 6 nitrogen and oxygen atoms in total. The van der Waals surface area contributed by atoms with Gasteiger partial charge in [-0.3, -0.25) is 9.89 Å². The van der Waals surface area contributed by atoms with Crippen LogP contribution in [0.4, 0.5) is 0 Å². The molecule has 0 aromatic carbocycles. The average Bonchev–Trinajstić information content (AvgIpc) is 2.97. The van der Waals surface area contributed by atoms with Crippen molar-refractivity contribution in [2.24, 2.45) is 10.9 Å². The molecule has 3 unspecified atom stereocenters. The Morgan fingerprint density at radius 2 is 2.27 bits per heavy atom. The van der Waals surface area contributed by atoms with Crippen LogP contribution in [0.3, 0.4) is 0 Å². The Labute approximate surface area is 134 Å². The van der Waals surface area contributed by atoms with Crippen LogP contribution in [0.5, 0.6) is 0 Å². The summed E-state index contributed by atoms with van der Waals surface area (Å²) in [6.45, 7) is 11.1. The van der Waals surface area contributed by atoms with E-state index in [9.17, 15) is 0 Å². The second kappa shape index (κ2) is 8.70. The van der Waals surface area contributed by atoms with E-state index in [2.05, 4.69) is 34.0 Å². The van der Waals surface area contributed by atoms with Crippen LogP contribution in [0.1, 0.15) is 20.3 Å². The lowest BCUT2D eigenvalue weighted by molar-refractivity contribution is -0.0175. The highest BCUT2D eigenvalue weighted by atomic mass is 16.5. The van der Waals surface area contributed by atoms with Crippen molar-refractivity contribution < 1.29 is 9.47 Å². The van der Waals surface area contributed by atoms with Gasteiger partial charge in [0.1, 0.15) is 0 Å². The smallest absolute Gasteiger partial charge is 0.193 e. The Morgan fingerprint density at radius 3 is 2.95 bits per heavy atom. The van der Waals surface area contributed by atoms with Crippen LogP contribution < -0.4 is 5.32 Å². The van der Waals surface area contributed by atoms with Gasteiger partial charge in [-0.2, -0.15) is 0 Å². The molecule has 0 saturated carbocycles. The fraction of sp³-hybridized carbons (Fsp3) is 0.938. The normalized spacial score (nSPS) is 28.9. The number of aliphatic imine (C=N–C) groups is 1. The van der Waals surface area contributed by atoms with Crippen LogP contribution >= 0.6 is 0 Å². The summed E-state index contributed by atoms with van der Waals surface area (Å²) >= 11 is 0. The van der Waals surface area contributed by atoms with Gasteiger partial charge in [-0.1, -0.05) is 0 Å². The summed E-state index contributed by atoms with van der Waals surface area (Å²) in [5, 5.41) is 3.54. The maximum atomic E-state index is 5.52. The number of rotatable bonds is 5. The van der Waals surface area contributed by atoms with E-state index in [0.717, 1.165) is 52.0 Å². The number of morpholine rings is 1. The Bertz CT molecular complexity index is 364. The predicted molar refractivity (Wildman–Crippen MR) is 89.4 cm³/mol. The maximum Gasteiger partial charge on any atom is 0.193 e. The predicted octanol–water partition coefficient (Wildman–Crippen LogP) is 0.639. The molecule has 0 radical (unpaired) electrons. The molecule has 128 valence electrons. The number of methoxy groups -OCH3 is 1. The van der Waals surface area contributed by atoms with Crippen LogP contribution in [-0.4, -0.2) is 88.0 Å². The average molecular weight is 312 g/mol. The first-order valence-corrected chi connectivity index (χ1v) is 8.43. The molecular formula is C16H32N4O2. The van der Waals surface area contributed by atoms with Crippen molar-refractivity contribution in [3.8, 4) is 0 Å². The van der Waals surface area contributed by atoms with Gasteiger partial charge >= 0.3 is 0 Å². The quantitative estimate of drug-likeness (QED) is 0.596. The molecule has 1 N–H and O–H groups in total. The third-order valence-corrected chi connectivity index (χ3v) is 4.74. The first kappa shape index (κ1) is 17.5. The minimum atomic E-state index is 0.480. The summed E-state index contributed by atoms with van der Waals surface area (Å²) in [4.78, 5) is 9.31. The molecule has 2 fully saturated rings. The number of likely N-dealkylation sites (tertiary alicyclic amines) is 1. The molecule has 0 aliphatic carbocycles. The zero-order chi connectivity index (χ0) is 15.9. The van der Waals surface area contributed by atoms with Gasteiger partial charge in [-0.15, -0.1) is 0 Å². The monoisotopic (exact) mass is 312 g/mol. The van der Waals surface area contributed by atoms with Crippen molar-refractivity contribution in [2.75, 3.05) is 60.2 Å². The molecular weight excluding hydrogens is 280 g/mol. The van der Waals surface area contributed by atoms with E-state index in [-0.39, 0.29) is 0 Å². The zero-order valence-electron chi connectivity index (χ0n) is 14.5. The minimum Gasteiger partial charge on any atom is -0.384 e.